The third-order valence-electron chi connectivity index (χ3n) is 2.30. The van der Waals surface area contributed by atoms with Crippen molar-refractivity contribution in [3.8, 4) is 0 Å². The van der Waals surface area contributed by atoms with Crippen LogP contribution in [0.3, 0.4) is 0 Å². The van der Waals surface area contributed by atoms with Crippen LogP contribution in [0.1, 0.15) is 26.2 Å². The second kappa shape index (κ2) is 2.67. The predicted molar refractivity (Wildman–Crippen MR) is 37.1 cm³/mol. The van der Waals surface area contributed by atoms with Crippen LogP contribution in [-0.2, 0) is 0 Å². The van der Waals surface area contributed by atoms with Gasteiger partial charge in [0.15, 0.2) is 0 Å². The van der Waals surface area contributed by atoms with E-state index in [2.05, 4.69) is 17.2 Å². The molecule has 1 fully saturated rings. The maximum Gasteiger partial charge on any atom is 0.0225 e. The summed E-state index contributed by atoms with van der Waals surface area (Å²) in [4.78, 5) is 0. The maximum absolute atomic E-state index is 3.56. The van der Waals surface area contributed by atoms with Crippen molar-refractivity contribution in [1.29, 1.82) is 0 Å². The lowest BCUT2D eigenvalue weighted by Gasteiger charge is -2.10. The Kier molecular flexibility index (Phi) is 2.12. The molecule has 1 saturated carbocycles. The van der Waals surface area contributed by atoms with Crippen LogP contribution in [-0.4, -0.2) is 10.2 Å². The molecule has 0 amide bonds. The molecule has 0 heterocycles. The Bertz CT molecular complexity index is 70.8. The monoisotopic (exact) mass is 125 g/mol. The zero-order valence-corrected chi connectivity index (χ0v) is 6.48. The summed E-state index contributed by atoms with van der Waals surface area (Å²) >= 11 is 0. The summed E-state index contributed by atoms with van der Waals surface area (Å²) in [6.45, 7) is 2.36. The molecule has 1 heteroatoms. The van der Waals surface area contributed by atoms with Crippen molar-refractivity contribution >= 4 is 10.2 Å². The molecule has 0 saturated heterocycles. The van der Waals surface area contributed by atoms with Gasteiger partial charge in [0.05, 0.1) is 0 Å². The highest BCUT2D eigenvalue weighted by molar-refractivity contribution is 6.08. The SMILES string of the molecule is CC1CCCC1C[Si]. The van der Waals surface area contributed by atoms with Crippen LogP contribution >= 0.6 is 0 Å². The Hall–Kier alpha value is 0.217. The average Bonchev–Trinajstić information content (AvgIpc) is 2.14. The van der Waals surface area contributed by atoms with Gasteiger partial charge in [0.25, 0.3) is 0 Å². The molecule has 3 radical (unpaired) electrons. The fraction of sp³-hybridized carbons (Fsp3) is 1.00. The molecule has 1 aliphatic rings. The Labute approximate surface area is 55.1 Å². The first-order valence-corrected chi connectivity index (χ1v) is 4.20. The minimum absolute atomic E-state index is 0.978. The third kappa shape index (κ3) is 1.13. The maximum atomic E-state index is 3.56. The topological polar surface area (TPSA) is 0 Å². The van der Waals surface area contributed by atoms with Crippen molar-refractivity contribution in [3.63, 3.8) is 0 Å². The summed E-state index contributed by atoms with van der Waals surface area (Å²) < 4.78 is 0. The van der Waals surface area contributed by atoms with Crippen LogP contribution in [0, 0.1) is 11.8 Å². The van der Waals surface area contributed by atoms with Crippen molar-refractivity contribution in [3.05, 3.63) is 0 Å². The molecule has 0 bridgehead atoms. The molecule has 1 aliphatic carbocycles. The van der Waals surface area contributed by atoms with E-state index in [4.69, 9.17) is 0 Å². The molecular weight excluding hydrogens is 112 g/mol. The van der Waals surface area contributed by atoms with Gasteiger partial charge in [-0.3, -0.25) is 0 Å². The van der Waals surface area contributed by atoms with Gasteiger partial charge in [-0.25, -0.2) is 0 Å². The normalized spacial score (nSPS) is 38.2. The predicted octanol–water partition coefficient (Wildman–Crippen LogP) is 2.01. The van der Waals surface area contributed by atoms with Gasteiger partial charge >= 0.3 is 0 Å². The van der Waals surface area contributed by atoms with Gasteiger partial charge in [-0.1, -0.05) is 32.2 Å². The van der Waals surface area contributed by atoms with E-state index in [1.807, 2.05) is 0 Å². The first-order chi connectivity index (χ1) is 3.84. The molecule has 1 rings (SSSR count). The van der Waals surface area contributed by atoms with Gasteiger partial charge in [0.2, 0.25) is 0 Å². The molecule has 0 spiro atoms. The third-order valence-corrected chi connectivity index (χ3v) is 2.83. The quantitative estimate of drug-likeness (QED) is 0.470. The standard InChI is InChI=1S/C7H13Si/c1-6-3-2-4-7(6)5-8/h6-7H,2-5H2,1H3. The lowest BCUT2D eigenvalue weighted by atomic mass is 10.0. The summed E-state index contributed by atoms with van der Waals surface area (Å²) in [5.74, 6) is 1.96. The summed E-state index contributed by atoms with van der Waals surface area (Å²) in [5.41, 5.74) is 0. The van der Waals surface area contributed by atoms with E-state index >= 15 is 0 Å². The second-order valence-corrected chi connectivity index (χ2v) is 3.28. The second-order valence-electron chi connectivity index (χ2n) is 2.87. The first kappa shape index (κ1) is 6.34. The van der Waals surface area contributed by atoms with Gasteiger partial charge in [-0.2, -0.15) is 0 Å². The van der Waals surface area contributed by atoms with E-state index < -0.39 is 0 Å². The molecule has 2 atom stereocenters. The highest BCUT2D eigenvalue weighted by atomic mass is 28.1. The minimum Gasteiger partial charge on any atom is -0.0623 e. The molecule has 8 heavy (non-hydrogen) atoms. The van der Waals surface area contributed by atoms with E-state index in [9.17, 15) is 0 Å². The summed E-state index contributed by atoms with van der Waals surface area (Å²) in [5, 5.41) is 0. The molecule has 45 valence electrons. The van der Waals surface area contributed by atoms with E-state index in [0.29, 0.717) is 0 Å². The Balaban J connectivity index is 2.30. The van der Waals surface area contributed by atoms with Crippen molar-refractivity contribution in [2.24, 2.45) is 11.8 Å². The molecule has 2 unspecified atom stereocenters. The molecule has 0 aromatic heterocycles. The zero-order chi connectivity index (χ0) is 5.98. The highest BCUT2D eigenvalue weighted by Gasteiger charge is 2.20. The van der Waals surface area contributed by atoms with Gasteiger partial charge in [-0.05, 0) is 11.8 Å². The molecule has 0 N–H and O–H groups in total. The van der Waals surface area contributed by atoms with Gasteiger partial charge in [0.1, 0.15) is 0 Å². The van der Waals surface area contributed by atoms with Gasteiger partial charge in [-0.15, -0.1) is 0 Å². The Morgan fingerprint density at radius 1 is 1.50 bits per heavy atom. The van der Waals surface area contributed by atoms with Crippen LogP contribution < -0.4 is 0 Å². The van der Waals surface area contributed by atoms with E-state index in [-0.39, 0.29) is 0 Å². The van der Waals surface area contributed by atoms with Crippen molar-refractivity contribution in [2.75, 3.05) is 0 Å². The fourth-order valence-electron chi connectivity index (χ4n) is 1.53. The summed E-state index contributed by atoms with van der Waals surface area (Å²) in [6, 6.07) is 1.21. The van der Waals surface area contributed by atoms with Crippen molar-refractivity contribution in [2.45, 2.75) is 32.2 Å². The van der Waals surface area contributed by atoms with Crippen LogP contribution in [0.2, 0.25) is 6.04 Å². The van der Waals surface area contributed by atoms with Gasteiger partial charge < -0.3 is 0 Å². The lowest BCUT2D eigenvalue weighted by molar-refractivity contribution is 0.457. The van der Waals surface area contributed by atoms with E-state index in [1.54, 1.807) is 0 Å². The Morgan fingerprint density at radius 3 is 2.50 bits per heavy atom. The van der Waals surface area contributed by atoms with Crippen LogP contribution in [0.4, 0.5) is 0 Å². The summed E-state index contributed by atoms with van der Waals surface area (Å²) in [7, 11) is 3.56. The number of hydrogen-bond acceptors (Lipinski definition) is 0. The largest absolute Gasteiger partial charge is 0.0623 e. The first-order valence-electron chi connectivity index (χ1n) is 3.49. The number of rotatable bonds is 1. The molecule has 0 nitrogen and oxygen atoms in total. The van der Waals surface area contributed by atoms with Gasteiger partial charge in [0, 0.05) is 10.2 Å². The minimum atomic E-state index is 0.978. The molecule has 0 aromatic carbocycles. The average molecular weight is 125 g/mol. The molecule has 0 aliphatic heterocycles. The van der Waals surface area contributed by atoms with E-state index in [0.717, 1.165) is 11.8 Å². The smallest absolute Gasteiger partial charge is 0.0225 e. The number of hydrogen-bond donors (Lipinski definition) is 0. The molecular formula is C7H13Si. The van der Waals surface area contributed by atoms with Crippen molar-refractivity contribution < 1.29 is 0 Å². The van der Waals surface area contributed by atoms with Crippen LogP contribution in [0.25, 0.3) is 0 Å². The van der Waals surface area contributed by atoms with Crippen molar-refractivity contribution in [1.82, 2.24) is 0 Å². The molecule has 0 aromatic rings. The van der Waals surface area contributed by atoms with Crippen LogP contribution in [0.15, 0.2) is 0 Å². The van der Waals surface area contributed by atoms with Crippen LogP contribution in [0.5, 0.6) is 0 Å². The van der Waals surface area contributed by atoms with E-state index in [1.165, 1.54) is 25.3 Å². The fourth-order valence-corrected chi connectivity index (χ4v) is 2.13. The Morgan fingerprint density at radius 2 is 2.25 bits per heavy atom. The zero-order valence-electron chi connectivity index (χ0n) is 5.48. The lowest BCUT2D eigenvalue weighted by Crippen LogP contribution is -2.01. The highest BCUT2D eigenvalue weighted by Crippen LogP contribution is 2.32. The summed E-state index contributed by atoms with van der Waals surface area (Å²) in [6.07, 6.45) is 4.36.